The van der Waals surface area contributed by atoms with E-state index in [1.54, 1.807) is 0 Å². The van der Waals surface area contributed by atoms with E-state index in [0.29, 0.717) is 5.92 Å². The highest BCUT2D eigenvalue weighted by atomic mass is 14.0. The van der Waals surface area contributed by atoms with Gasteiger partial charge in [0.05, 0.1) is 0 Å². The summed E-state index contributed by atoms with van der Waals surface area (Å²) in [5.74, 6) is 12.6. The molecule has 0 saturated carbocycles. The average molecular weight is 148 g/mol. The lowest BCUT2D eigenvalue weighted by atomic mass is 10.0. The van der Waals surface area contributed by atoms with E-state index >= 15 is 0 Å². The van der Waals surface area contributed by atoms with Crippen molar-refractivity contribution >= 4 is 0 Å². The van der Waals surface area contributed by atoms with E-state index in [4.69, 9.17) is 0 Å². The first-order valence-corrected chi connectivity index (χ1v) is 4.10. The van der Waals surface area contributed by atoms with Crippen LogP contribution >= 0.6 is 0 Å². The monoisotopic (exact) mass is 148 g/mol. The van der Waals surface area contributed by atoms with Gasteiger partial charge in [-0.15, -0.1) is 23.7 Å². The van der Waals surface area contributed by atoms with Crippen LogP contribution in [0, 0.1) is 29.6 Å². The van der Waals surface area contributed by atoms with Crippen LogP contribution in [0.2, 0.25) is 0 Å². The Morgan fingerprint density at radius 3 is 2.27 bits per heavy atom. The molecule has 0 aliphatic carbocycles. The van der Waals surface area contributed by atoms with Gasteiger partial charge in [-0.05, 0) is 26.2 Å². The van der Waals surface area contributed by atoms with E-state index in [9.17, 15) is 0 Å². The Balaban J connectivity index is 3.39. The third-order valence-corrected chi connectivity index (χ3v) is 1.57. The van der Waals surface area contributed by atoms with Crippen molar-refractivity contribution in [3.63, 3.8) is 0 Å². The van der Waals surface area contributed by atoms with Gasteiger partial charge in [0.1, 0.15) is 0 Å². The molecule has 11 heavy (non-hydrogen) atoms. The second-order valence-electron chi connectivity index (χ2n) is 2.70. The Bertz CT molecular complexity index is 192. The van der Waals surface area contributed by atoms with E-state index in [2.05, 4.69) is 30.6 Å². The van der Waals surface area contributed by atoms with Gasteiger partial charge in [-0.25, -0.2) is 0 Å². The molecule has 0 fully saturated rings. The van der Waals surface area contributed by atoms with Crippen molar-refractivity contribution in [2.24, 2.45) is 5.92 Å². The van der Waals surface area contributed by atoms with Crippen molar-refractivity contribution in [1.29, 1.82) is 0 Å². The van der Waals surface area contributed by atoms with Crippen LogP contribution in [0.15, 0.2) is 0 Å². The van der Waals surface area contributed by atoms with E-state index in [1.165, 1.54) is 6.42 Å². The molecule has 0 nitrogen and oxygen atoms in total. The number of rotatable bonds is 3. The standard InChI is InChI=1S/C11H16/c1-4-6-8-10-11(3)9-7-5-2/h11H,8-10H2,1-3H3. The van der Waals surface area contributed by atoms with Gasteiger partial charge >= 0.3 is 0 Å². The number of hydrogen-bond donors (Lipinski definition) is 0. The normalized spacial score (nSPS) is 10.5. The molecule has 0 amide bonds. The number of hydrogen-bond acceptors (Lipinski definition) is 0. The summed E-state index contributed by atoms with van der Waals surface area (Å²) in [4.78, 5) is 0. The second kappa shape index (κ2) is 7.23. The zero-order valence-corrected chi connectivity index (χ0v) is 7.70. The molecule has 0 bridgehead atoms. The van der Waals surface area contributed by atoms with Gasteiger partial charge in [0.15, 0.2) is 0 Å². The van der Waals surface area contributed by atoms with E-state index < -0.39 is 0 Å². The van der Waals surface area contributed by atoms with Crippen LogP contribution < -0.4 is 0 Å². The maximum atomic E-state index is 3.08. The van der Waals surface area contributed by atoms with Crippen LogP contribution in [-0.4, -0.2) is 0 Å². The third-order valence-electron chi connectivity index (χ3n) is 1.57. The van der Waals surface area contributed by atoms with Crippen molar-refractivity contribution in [2.75, 3.05) is 0 Å². The lowest BCUT2D eigenvalue weighted by Crippen LogP contribution is -1.91. The molecule has 0 aromatic carbocycles. The van der Waals surface area contributed by atoms with Gasteiger partial charge < -0.3 is 0 Å². The first-order chi connectivity index (χ1) is 5.31. The van der Waals surface area contributed by atoms with E-state index in [0.717, 1.165) is 12.8 Å². The fourth-order valence-electron chi connectivity index (χ4n) is 0.822. The summed E-state index contributed by atoms with van der Waals surface area (Å²) >= 11 is 0. The molecular weight excluding hydrogens is 132 g/mol. The van der Waals surface area contributed by atoms with Crippen molar-refractivity contribution < 1.29 is 0 Å². The van der Waals surface area contributed by atoms with Crippen LogP contribution in [0.25, 0.3) is 0 Å². The summed E-state index contributed by atoms with van der Waals surface area (Å²) in [6.45, 7) is 6.00. The Hall–Kier alpha value is -0.880. The van der Waals surface area contributed by atoms with Gasteiger partial charge in [-0.2, -0.15) is 0 Å². The summed E-state index contributed by atoms with van der Waals surface area (Å²) < 4.78 is 0. The lowest BCUT2D eigenvalue weighted by Gasteiger charge is -2.02. The van der Waals surface area contributed by atoms with Crippen LogP contribution in [0.1, 0.15) is 40.0 Å². The molecule has 1 unspecified atom stereocenters. The highest BCUT2D eigenvalue weighted by molar-refractivity contribution is 4.98. The second-order valence-corrected chi connectivity index (χ2v) is 2.70. The van der Waals surface area contributed by atoms with Gasteiger partial charge in [0.25, 0.3) is 0 Å². The smallest absolute Gasteiger partial charge is 0.0115 e. The summed E-state index contributed by atoms with van der Waals surface area (Å²) in [6, 6.07) is 0. The van der Waals surface area contributed by atoms with Gasteiger partial charge in [-0.1, -0.05) is 6.92 Å². The molecule has 0 aliphatic heterocycles. The molecule has 0 N–H and O–H groups in total. The molecule has 0 heteroatoms. The maximum Gasteiger partial charge on any atom is 0.0115 e. The first-order valence-electron chi connectivity index (χ1n) is 4.10. The molecular formula is C11H16. The highest BCUT2D eigenvalue weighted by Crippen LogP contribution is 2.07. The molecule has 60 valence electrons. The van der Waals surface area contributed by atoms with Crippen LogP contribution in [-0.2, 0) is 0 Å². The van der Waals surface area contributed by atoms with Crippen molar-refractivity contribution in [3.8, 4) is 23.7 Å². The molecule has 0 spiro atoms. The Morgan fingerprint density at radius 1 is 1.09 bits per heavy atom. The average Bonchev–Trinajstić information content (AvgIpc) is 2.01. The minimum atomic E-state index is 0.697. The summed E-state index contributed by atoms with van der Waals surface area (Å²) in [7, 11) is 0. The predicted molar refractivity (Wildman–Crippen MR) is 49.9 cm³/mol. The zero-order valence-electron chi connectivity index (χ0n) is 7.70. The molecule has 0 aliphatic rings. The highest BCUT2D eigenvalue weighted by Gasteiger charge is 1.96. The SMILES string of the molecule is CC#CCCC(C)CC#CC. The zero-order chi connectivity index (χ0) is 8.53. The van der Waals surface area contributed by atoms with Gasteiger partial charge in [0.2, 0.25) is 0 Å². The summed E-state index contributed by atoms with van der Waals surface area (Å²) in [6.07, 6.45) is 3.21. The van der Waals surface area contributed by atoms with Gasteiger partial charge in [0, 0.05) is 12.8 Å². The molecule has 1 atom stereocenters. The van der Waals surface area contributed by atoms with Crippen LogP contribution in [0.3, 0.4) is 0 Å². The fourth-order valence-corrected chi connectivity index (χ4v) is 0.822. The third kappa shape index (κ3) is 7.01. The van der Waals surface area contributed by atoms with Gasteiger partial charge in [-0.3, -0.25) is 0 Å². The molecule has 0 rings (SSSR count). The fraction of sp³-hybridized carbons (Fsp3) is 0.636. The summed E-state index contributed by atoms with van der Waals surface area (Å²) in [5.41, 5.74) is 0. The predicted octanol–water partition coefficient (Wildman–Crippen LogP) is 2.84. The van der Waals surface area contributed by atoms with Crippen LogP contribution in [0.4, 0.5) is 0 Å². The minimum absolute atomic E-state index is 0.697. The Kier molecular flexibility index (Phi) is 6.65. The molecule has 0 aromatic rings. The Labute approximate surface area is 70.4 Å². The maximum absolute atomic E-state index is 3.08. The van der Waals surface area contributed by atoms with E-state index in [1.807, 2.05) is 13.8 Å². The minimum Gasteiger partial charge on any atom is -0.107 e. The largest absolute Gasteiger partial charge is 0.107 e. The van der Waals surface area contributed by atoms with Crippen molar-refractivity contribution in [1.82, 2.24) is 0 Å². The molecule has 0 aromatic heterocycles. The molecule has 0 saturated heterocycles. The van der Waals surface area contributed by atoms with Crippen molar-refractivity contribution in [2.45, 2.75) is 40.0 Å². The topological polar surface area (TPSA) is 0 Å². The van der Waals surface area contributed by atoms with Crippen molar-refractivity contribution in [3.05, 3.63) is 0 Å². The molecule has 0 heterocycles. The van der Waals surface area contributed by atoms with E-state index in [-0.39, 0.29) is 0 Å². The summed E-state index contributed by atoms with van der Waals surface area (Å²) in [5, 5.41) is 0. The first kappa shape index (κ1) is 10.1. The molecule has 0 radical (unpaired) electrons. The lowest BCUT2D eigenvalue weighted by molar-refractivity contribution is 0.558. The Morgan fingerprint density at radius 2 is 1.73 bits per heavy atom. The quantitative estimate of drug-likeness (QED) is 0.540. The van der Waals surface area contributed by atoms with Crippen LogP contribution in [0.5, 0.6) is 0 Å².